The standard InChI is InChI=1S/C18H25ClFN3O2/c1-25-15-8-18(21,9-15)17(24)22-14-3-2-6-23(11-14)10-12-4-5-13(20)7-16(12)19/h4-5,7,14-15H,2-3,6,8-11,21H2,1H3,(H,22,24). The average Bonchev–Trinajstić information content (AvgIpc) is 2.54. The van der Waals surface area contributed by atoms with Crippen molar-refractivity contribution in [1.29, 1.82) is 0 Å². The summed E-state index contributed by atoms with van der Waals surface area (Å²) in [5.41, 5.74) is 6.26. The zero-order chi connectivity index (χ0) is 18.0. The molecule has 0 radical (unpaired) electrons. The first kappa shape index (κ1) is 18.6. The molecule has 2 aliphatic rings. The van der Waals surface area contributed by atoms with Crippen LogP contribution in [0.2, 0.25) is 5.02 Å². The van der Waals surface area contributed by atoms with Crippen molar-refractivity contribution in [3.63, 3.8) is 0 Å². The molecular weight excluding hydrogens is 345 g/mol. The van der Waals surface area contributed by atoms with Gasteiger partial charge in [-0.05, 0) is 37.1 Å². The van der Waals surface area contributed by atoms with Crippen LogP contribution < -0.4 is 11.1 Å². The molecule has 25 heavy (non-hydrogen) atoms. The molecule has 1 amide bonds. The maximum Gasteiger partial charge on any atom is 0.240 e. The number of rotatable bonds is 5. The van der Waals surface area contributed by atoms with Crippen LogP contribution in [0.3, 0.4) is 0 Å². The van der Waals surface area contributed by atoms with E-state index < -0.39 is 5.54 Å². The third-order valence-corrected chi connectivity index (χ3v) is 5.57. The van der Waals surface area contributed by atoms with Gasteiger partial charge >= 0.3 is 0 Å². The summed E-state index contributed by atoms with van der Waals surface area (Å²) < 4.78 is 18.4. The zero-order valence-corrected chi connectivity index (χ0v) is 15.2. The number of amides is 1. The Balaban J connectivity index is 1.53. The number of methoxy groups -OCH3 is 1. The van der Waals surface area contributed by atoms with E-state index in [4.69, 9.17) is 22.1 Å². The first-order chi connectivity index (χ1) is 11.9. The summed E-state index contributed by atoms with van der Waals surface area (Å²) >= 11 is 6.12. The highest BCUT2D eigenvalue weighted by Crippen LogP contribution is 2.32. The van der Waals surface area contributed by atoms with E-state index in [2.05, 4.69) is 10.2 Å². The molecule has 1 atom stereocenters. The van der Waals surface area contributed by atoms with Crippen molar-refractivity contribution >= 4 is 17.5 Å². The molecule has 7 heteroatoms. The molecule has 1 aliphatic carbocycles. The van der Waals surface area contributed by atoms with Crippen molar-refractivity contribution in [3.05, 3.63) is 34.6 Å². The zero-order valence-electron chi connectivity index (χ0n) is 14.4. The number of hydrogen-bond donors (Lipinski definition) is 2. The normalized spacial score (nSPS) is 29.9. The van der Waals surface area contributed by atoms with Gasteiger partial charge in [-0.2, -0.15) is 0 Å². The second-order valence-corrected chi connectivity index (χ2v) is 7.61. The van der Waals surface area contributed by atoms with Crippen LogP contribution in [0.1, 0.15) is 31.2 Å². The number of nitrogens with zero attached hydrogens (tertiary/aromatic N) is 1. The minimum Gasteiger partial charge on any atom is -0.381 e. The van der Waals surface area contributed by atoms with Gasteiger partial charge in [-0.25, -0.2) is 4.39 Å². The monoisotopic (exact) mass is 369 g/mol. The summed E-state index contributed by atoms with van der Waals surface area (Å²) in [4.78, 5) is 14.7. The number of carbonyl (C=O) groups excluding carboxylic acids is 1. The highest BCUT2D eigenvalue weighted by atomic mass is 35.5. The molecule has 5 nitrogen and oxygen atoms in total. The second kappa shape index (κ2) is 7.58. The number of likely N-dealkylation sites (tertiary alicyclic amines) is 1. The molecule has 3 rings (SSSR count). The Hall–Kier alpha value is -1.21. The molecule has 1 unspecified atom stereocenters. The Kier molecular flexibility index (Phi) is 5.63. The van der Waals surface area contributed by atoms with Crippen molar-refractivity contribution in [2.75, 3.05) is 20.2 Å². The lowest BCUT2D eigenvalue weighted by Crippen LogP contribution is -2.66. The number of benzene rings is 1. The van der Waals surface area contributed by atoms with Crippen LogP contribution in [0, 0.1) is 5.82 Å². The maximum atomic E-state index is 13.2. The largest absolute Gasteiger partial charge is 0.381 e. The molecule has 1 saturated heterocycles. The molecule has 138 valence electrons. The highest BCUT2D eigenvalue weighted by Gasteiger charge is 2.47. The molecule has 0 bridgehead atoms. The number of hydrogen-bond acceptors (Lipinski definition) is 4. The molecule has 1 aromatic rings. The lowest BCUT2D eigenvalue weighted by atomic mass is 9.74. The molecule has 3 N–H and O–H groups in total. The van der Waals surface area contributed by atoms with Gasteiger partial charge in [0, 0.05) is 44.1 Å². The molecular formula is C18H25ClFN3O2. The molecule has 1 aromatic carbocycles. The Labute approximate surface area is 152 Å². The summed E-state index contributed by atoms with van der Waals surface area (Å²) in [6, 6.07) is 4.54. The number of nitrogens with one attached hydrogen (secondary N) is 1. The predicted octanol–water partition coefficient (Wildman–Crippen LogP) is 2.07. The van der Waals surface area contributed by atoms with Crippen LogP contribution in [0.5, 0.6) is 0 Å². The minimum atomic E-state index is -0.802. The number of carbonyl (C=O) groups is 1. The molecule has 1 aliphatic heterocycles. The van der Waals surface area contributed by atoms with Crippen molar-refractivity contribution in [2.24, 2.45) is 5.73 Å². The Morgan fingerprint density at radius 1 is 1.52 bits per heavy atom. The van der Waals surface area contributed by atoms with Crippen LogP contribution >= 0.6 is 11.6 Å². The average molecular weight is 370 g/mol. The lowest BCUT2D eigenvalue weighted by Gasteiger charge is -2.43. The maximum absolute atomic E-state index is 13.2. The van der Waals surface area contributed by atoms with E-state index in [1.807, 2.05) is 0 Å². The summed E-state index contributed by atoms with van der Waals surface area (Å²) in [6.07, 6.45) is 3.14. The molecule has 0 spiro atoms. The Bertz CT molecular complexity index is 637. The van der Waals surface area contributed by atoms with Crippen molar-refractivity contribution < 1.29 is 13.9 Å². The molecule has 1 saturated carbocycles. The number of piperidine rings is 1. The fraction of sp³-hybridized carbons (Fsp3) is 0.611. The van der Waals surface area contributed by atoms with Gasteiger partial charge in [-0.1, -0.05) is 17.7 Å². The van der Waals surface area contributed by atoms with E-state index in [0.717, 1.165) is 31.5 Å². The fourth-order valence-electron chi connectivity index (χ4n) is 3.64. The third kappa shape index (κ3) is 4.31. The summed E-state index contributed by atoms with van der Waals surface area (Å²) in [5, 5.41) is 3.53. The number of halogens is 2. The van der Waals surface area contributed by atoms with Gasteiger partial charge in [0.1, 0.15) is 11.4 Å². The number of nitrogens with two attached hydrogens (primary N) is 1. The van der Waals surface area contributed by atoms with Gasteiger partial charge in [0.15, 0.2) is 0 Å². The van der Waals surface area contributed by atoms with Crippen molar-refractivity contribution in [2.45, 2.75) is 49.9 Å². The van der Waals surface area contributed by atoms with Gasteiger partial charge < -0.3 is 15.8 Å². The fourth-order valence-corrected chi connectivity index (χ4v) is 3.87. The van der Waals surface area contributed by atoms with E-state index in [1.165, 1.54) is 12.1 Å². The van der Waals surface area contributed by atoms with Crippen LogP contribution in [-0.2, 0) is 16.1 Å². The summed E-state index contributed by atoms with van der Waals surface area (Å²) in [5.74, 6) is -0.423. The van der Waals surface area contributed by atoms with Gasteiger partial charge in [0.25, 0.3) is 0 Å². The SMILES string of the molecule is COC1CC(N)(C(=O)NC2CCCN(Cc3ccc(F)cc3Cl)C2)C1. The van der Waals surface area contributed by atoms with Crippen LogP contribution in [0.15, 0.2) is 18.2 Å². The molecule has 1 heterocycles. The van der Waals surface area contributed by atoms with E-state index in [-0.39, 0.29) is 23.9 Å². The van der Waals surface area contributed by atoms with E-state index in [0.29, 0.717) is 24.4 Å². The molecule has 0 aromatic heterocycles. The smallest absolute Gasteiger partial charge is 0.240 e. The third-order valence-electron chi connectivity index (χ3n) is 5.22. The van der Waals surface area contributed by atoms with Crippen LogP contribution in [0.25, 0.3) is 0 Å². The van der Waals surface area contributed by atoms with Gasteiger partial charge in [-0.15, -0.1) is 0 Å². The Morgan fingerprint density at radius 3 is 2.96 bits per heavy atom. The topological polar surface area (TPSA) is 67.6 Å². The first-order valence-corrected chi connectivity index (χ1v) is 9.06. The van der Waals surface area contributed by atoms with E-state index in [1.54, 1.807) is 13.2 Å². The van der Waals surface area contributed by atoms with Gasteiger partial charge in [-0.3, -0.25) is 9.69 Å². The lowest BCUT2D eigenvalue weighted by molar-refractivity contribution is -0.136. The highest BCUT2D eigenvalue weighted by molar-refractivity contribution is 6.31. The first-order valence-electron chi connectivity index (χ1n) is 8.68. The van der Waals surface area contributed by atoms with Gasteiger partial charge in [0.05, 0.1) is 6.10 Å². The molecule has 2 fully saturated rings. The quantitative estimate of drug-likeness (QED) is 0.833. The van der Waals surface area contributed by atoms with Crippen LogP contribution in [0.4, 0.5) is 4.39 Å². The number of ether oxygens (including phenoxy) is 1. The van der Waals surface area contributed by atoms with E-state index >= 15 is 0 Å². The van der Waals surface area contributed by atoms with Crippen molar-refractivity contribution in [1.82, 2.24) is 10.2 Å². The predicted molar refractivity (Wildman–Crippen MR) is 94.8 cm³/mol. The minimum absolute atomic E-state index is 0.0718. The van der Waals surface area contributed by atoms with Crippen LogP contribution in [-0.4, -0.2) is 48.7 Å². The summed E-state index contributed by atoms with van der Waals surface area (Å²) in [7, 11) is 1.64. The van der Waals surface area contributed by atoms with Crippen molar-refractivity contribution in [3.8, 4) is 0 Å². The summed E-state index contributed by atoms with van der Waals surface area (Å²) in [6.45, 7) is 2.31. The second-order valence-electron chi connectivity index (χ2n) is 7.21. The van der Waals surface area contributed by atoms with Gasteiger partial charge in [0.2, 0.25) is 5.91 Å². The van der Waals surface area contributed by atoms with E-state index in [9.17, 15) is 9.18 Å². The Morgan fingerprint density at radius 2 is 2.28 bits per heavy atom.